The highest BCUT2D eigenvalue weighted by atomic mass is 79.9. The van der Waals surface area contributed by atoms with Crippen LogP contribution < -0.4 is 15.4 Å². The first kappa shape index (κ1) is 15.3. The van der Waals surface area contributed by atoms with Crippen molar-refractivity contribution in [2.24, 2.45) is 0 Å². The van der Waals surface area contributed by atoms with Gasteiger partial charge in [-0.25, -0.2) is 0 Å². The molecule has 0 saturated heterocycles. The molecule has 2 rings (SSSR count). The van der Waals surface area contributed by atoms with Crippen LogP contribution in [0.25, 0.3) is 0 Å². The molecule has 1 heterocycles. The Kier molecular flexibility index (Phi) is 5.82. The van der Waals surface area contributed by atoms with E-state index >= 15 is 0 Å². The number of rotatable bonds is 7. The van der Waals surface area contributed by atoms with Gasteiger partial charge in [-0.05, 0) is 17.7 Å². The Balaban J connectivity index is 1.81. The van der Waals surface area contributed by atoms with Gasteiger partial charge in [0, 0.05) is 36.7 Å². The number of halogens is 1. The Morgan fingerprint density at radius 1 is 1.50 bits per heavy atom. The molecule has 0 bridgehead atoms. The number of carbonyl (C=O) groups excluding carboxylic acids is 1. The molecule has 0 unspecified atom stereocenters. The summed E-state index contributed by atoms with van der Waals surface area (Å²) in [5.41, 5.74) is 2.30. The minimum atomic E-state index is -0.0328. The summed E-state index contributed by atoms with van der Waals surface area (Å²) >= 11 is 3.50. The number of methoxy groups -OCH3 is 1. The highest BCUT2D eigenvalue weighted by Gasteiger charge is 2.17. The summed E-state index contributed by atoms with van der Waals surface area (Å²) in [4.78, 5) is 11.5. The molecule has 1 aliphatic heterocycles. The molecule has 0 saturated carbocycles. The molecule has 0 fully saturated rings. The van der Waals surface area contributed by atoms with Crippen molar-refractivity contribution in [3.63, 3.8) is 0 Å². The minimum absolute atomic E-state index is 0.0328. The summed E-state index contributed by atoms with van der Waals surface area (Å²) in [7, 11) is 1.61. The molecule has 20 heavy (non-hydrogen) atoms. The van der Waals surface area contributed by atoms with Gasteiger partial charge in [-0.15, -0.1) is 0 Å². The molecule has 0 atom stereocenters. The Hall–Kier alpha value is -1.11. The Morgan fingerprint density at radius 3 is 3.15 bits per heavy atom. The van der Waals surface area contributed by atoms with Crippen molar-refractivity contribution in [3.8, 4) is 5.75 Å². The topological polar surface area (TPSA) is 59.6 Å². The third kappa shape index (κ3) is 4.19. The van der Waals surface area contributed by atoms with Crippen molar-refractivity contribution in [1.82, 2.24) is 10.6 Å². The normalized spacial score (nSPS) is 12.9. The first-order chi connectivity index (χ1) is 9.70. The lowest BCUT2D eigenvalue weighted by molar-refractivity contribution is -0.120. The van der Waals surface area contributed by atoms with Crippen molar-refractivity contribution >= 4 is 21.8 Å². The van der Waals surface area contributed by atoms with Crippen molar-refractivity contribution in [2.45, 2.75) is 13.0 Å². The predicted molar refractivity (Wildman–Crippen MR) is 79.9 cm³/mol. The molecule has 0 radical (unpaired) electrons. The summed E-state index contributed by atoms with van der Waals surface area (Å²) in [6.07, 6.45) is 0.944. The number of hydrogen-bond acceptors (Lipinski definition) is 4. The molecule has 1 amide bonds. The number of benzene rings is 1. The molecule has 0 spiro atoms. The average molecular weight is 343 g/mol. The smallest absolute Gasteiger partial charge is 0.234 e. The fourth-order valence-corrected chi connectivity index (χ4v) is 2.70. The van der Waals surface area contributed by atoms with Gasteiger partial charge >= 0.3 is 0 Å². The second-order valence-corrected chi connectivity index (χ2v) is 5.51. The summed E-state index contributed by atoms with van der Waals surface area (Å²) < 4.78 is 11.6. The predicted octanol–water partition coefficient (Wildman–Crippen LogP) is 1.24. The van der Waals surface area contributed by atoms with Crippen LogP contribution in [0.3, 0.4) is 0 Å². The number of fused-ring (bicyclic) bond motifs is 1. The zero-order valence-electron chi connectivity index (χ0n) is 11.5. The highest BCUT2D eigenvalue weighted by Crippen LogP contribution is 2.32. The quantitative estimate of drug-likeness (QED) is 0.732. The maximum atomic E-state index is 11.5. The molecular weight excluding hydrogens is 324 g/mol. The van der Waals surface area contributed by atoms with Crippen LogP contribution in [0.1, 0.15) is 11.1 Å². The van der Waals surface area contributed by atoms with Crippen LogP contribution in [0.4, 0.5) is 0 Å². The van der Waals surface area contributed by atoms with Crippen LogP contribution in [0.2, 0.25) is 0 Å². The maximum Gasteiger partial charge on any atom is 0.234 e. The van der Waals surface area contributed by atoms with Crippen molar-refractivity contribution in [3.05, 3.63) is 27.7 Å². The lowest BCUT2D eigenvalue weighted by atomic mass is 10.1. The molecule has 1 aromatic carbocycles. The first-order valence-corrected chi connectivity index (χ1v) is 7.40. The minimum Gasteiger partial charge on any atom is -0.493 e. The summed E-state index contributed by atoms with van der Waals surface area (Å²) in [5, 5.41) is 5.90. The van der Waals surface area contributed by atoms with Crippen LogP contribution in [0, 0.1) is 0 Å². The van der Waals surface area contributed by atoms with Crippen molar-refractivity contribution in [1.29, 1.82) is 0 Å². The van der Waals surface area contributed by atoms with Crippen LogP contribution in [0.15, 0.2) is 16.6 Å². The SMILES string of the molecule is COCCNC(=O)CNCc1cc(Br)cc2c1OCC2. The van der Waals surface area contributed by atoms with Gasteiger partial charge in [0.05, 0.1) is 19.8 Å². The number of carbonyl (C=O) groups is 1. The highest BCUT2D eigenvalue weighted by molar-refractivity contribution is 9.10. The average Bonchev–Trinajstić information content (AvgIpc) is 2.87. The standard InChI is InChI=1S/C14H19BrN2O3/c1-19-5-3-17-13(18)9-16-8-11-7-12(15)6-10-2-4-20-14(10)11/h6-7,16H,2-5,8-9H2,1H3,(H,17,18). The molecule has 0 aliphatic carbocycles. The van der Waals surface area contributed by atoms with Gasteiger partial charge in [-0.2, -0.15) is 0 Å². The van der Waals surface area contributed by atoms with Gasteiger partial charge in [0.25, 0.3) is 0 Å². The van der Waals surface area contributed by atoms with E-state index in [1.165, 1.54) is 5.56 Å². The molecule has 1 aliphatic rings. The van der Waals surface area contributed by atoms with Crippen LogP contribution in [-0.2, 0) is 22.5 Å². The lowest BCUT2D eigenvalue weighted by Gasteiger charge is -2.10. The summed E-state index contributed by atoms with van der Waals surface area (Å²) in [6.45, 7) is 2.69. The van der Waals surface area contributed by atoms with E-state index in [-0.39, 0.29) is 12.5 Å². The molecule has 0 aromatic heterocycles. The van der Waals surface area contributed by atoms with E-state index in [0.717, 1.165) is 28.8 Å². The second kappa shape index (κ2) is 7.61. The van der Waals surface area contributed by atoms with Gasteiger partial charge in [0.1, 0.15) is 5.75 Å². The number of hydrogen-bond donors (Lipinski definition) is 2. The molecule has 110 valence electrons. The van der Waals surface area contributed by atoms with E-state index in [4.69, 9.17) is 9.47 Å². The monoisotopic (exact) mass is 342 g/mol. The maximum absolute atomic E-state index is 11.5. The summed E-state index contributed by atoms with van der Waals surface area (Å²) in [6, 6.07) is 4.11. The fraction of sp³-hybridized carbons (Fsp3) is 0.500. The van der Waals surface area contributed by atoms with Crippen molar-refractivity contribution < 1.29 is 14.3 Å². The van der Waals surface area contributed by atoms with E-state index in [9.17, 15) is 4.79 Å². The molecule has 6 heteroatoms. The van der Waals surface area contributed by atoms with Gasteiger partial charge in [-0.3, -0.25) is 4.79 Å². The Labute approximate surface area is 127 Å². The molecular formula is C14H19BrN2O3. The van der Waals surface area contributed by atoms with Gasteiger partial charge in [0.2, 0.25) is 5.91 Å². The van der Waals surface area contributed by atoms with Crippen LogP contribution in [-0.4, -0.2) is 39.3 Å². The third-order valence-corrected chi connectivity index (χ3v) is 3.51. The number of amides is 1. The Morgan fingerprint density at radius 2 is 2.35 bits per heavy atom. The summed E-state index contributed by atoms with van der Waals surface area (Å²) in [5.74, 6) is 0.926. The van der Waals surface area contributed by atoms with Crippen LogP contribution in [0.5, 0.6) is 5.75 Å². The zero-order valence-corrected chi connectivity index (χ0v) is 13.1. The largest absolute Gasteiger partial charge is 0.493 e. The van der Waals surface area contributed by atoms with Gasteiger partial charge < -0.3 is 20.1 Å². The molecule has 1 aromatic rings. The van der Waals surface area contributed by atoms with E-state index in [0.29, 0.717) is 19.7 Å². The Bertz CT molecular complexity index is 480. The fourth-order valence-electron chi connectivity index (χ4n) is 2.14. The zero-order chi connectivity index (χ0) is 14.4. The van der Waals surface area contributed by atoms with E-state index in [1.54, 1.807) is 7.11 Å². The van der Waals surface area contributed by atoms with E-state index in [2.05, 4.69) is 32.6 Å². The van der Waals surface area contributed by atoms with E-state index in [1.807, 2.05) is 6.07 Å². The van der Waals surface area contributed by atoms with Crippen molar-refractivity contribution in [2.75, 3.05) is 33.4 Å². The van der Waals surface area contributed by atoms with E-state index < -0.39 is 0 Å². The van der Waals surface area contributed by atoms with Gasteiger partial charge in [0.15, 0.2) is 0 Å². The lowest BCUT2D eigenvalue weighted by Crippen LogP contribution is -2.35. The number of nitrogens with one attached hydrogen (secondary N) is 2. The molecule has 5 nitrogen and oxygen atoms in total. The second-order valence-electron chi connectivity index (χ2n) is 4.60. The first-order valence-electron chi connectivity index (χ1n) is 6.61. The van der Waals surface area contributed by atoms with Crippen LogP contribution >= 0.6 is 15.9 Å². The third-order valence-electron chi connectivity index (χ3n) is 3.05. The molecule has 2 N–H and O–H groups in total. The number of ether oxygens (including phenoxy) is 2. The van der Waals surface area contributed by atoms with Gasteiger partial charge in [-0.1, -0.05) is 15.9 Å².